The van der Waals surface area contributed by atoms with Crippen molar-refractivity contribution in [1.82, 2.24) is 4.90 Å². The van der Waals surface area contributed by atoms with Crippen LogP contribution >= 0.6 is 0 Å². The number of ether oxygens (including phenoxy) is 3. The Bertz CT molecular complexity index is 511. The number of hydrogen-bond donors (Lipinski definition) is 1. The van der Waals surface area contributed by atoms with Crippen molar-refractivity contribution in [1.29, 1.82) is 0 Å². The summed E-state index contributed by atoms with van der Waals surface area (Å²) >= 11 is 0.418. The number of phenolic OH excluding ortho intramolecular Hbond substituents is 1. The highest BCUT2D eigenvalue weighted by molar-refractivity contribution is 7.66. The fourth-order valence-corrected chi connectivity index (χ4v) is 2.57. The summed E-state index contributed by atoms with van der Waals surface area (Å²) in [6, 6.07) is 3.26. The minimum atomic E-state index is -0.0732. The summed E-state index contributed by atoms with van der Waals surface area (Å²) in [5, 5.41) is 9.90. The third-order valence-corrected chi connectivity index (χ3v) is 3.76. The second-order valence-electron chi connectivity index (χ2n) is 4.22. The first-order valence-electron chi connectivity index (χ1n) is 6.16. The molecule has 1 aromatic carbocycles. The van der Waals surface area contributed by atoms with Crippen molar-refractivity contribution >= 4 is 16.2 Å². The van der Waals surface area contributed by atoms with E-state index in [9.17, 15) is 9.32 Å². The number of benzene rings is 1. The monoisotopic (exact) mass is 299 g/mol. The van der Waals surface area contributed by atoms with E-state index < -0.39 is 0 Å². The molecule has 2 rings (SSSR count). The molecule has 0 atom stereocenters. The maximum absolute atomic E-state index is 11.5. The first-order valence-corrected chi connectivity index (χ1v) is 6.90. The number of phenols is 1. The lowest BCUT2D eigenvalue weighted by molar-refractivity contribution is 0.0692. The summed E-state index contributed by atoms with van der Waals surface area (Å²) in [7, 11) is 2.91. The van der Waals surface area contributed by atoms with Gasteiger partial charge in [-0.2, -0.15) is 0 Å². The van der Waals surface area contributed by atoms with E-state index in [-0.39, 0.29) is 17.2 Å². The molecular formula is C13H17NO5S. The molecule has 1 N–H and O–H groups in total. The first kappa shape index (κ1) is 14.8. The van der Waals surface area contributed by atoms with Gasteiger partial charge < -0.3 is 19.3 Å². The number of nitrogens with zero attached hydrogens (tertiary/aromatic N) is 1. The van der Waals surface area contributed by atoms with Gasteiger partial charge in [0.2, 0.25) is 5.75 Å². The fourth-order valence-electron chi connectivity index (χ4n) is 2.07. The zero-order chi connectivity index (χ0) is 14.5. The number of morpholine rings is 1. The molecule has 110 valence electrons. The summed E-state index contributed by atoms with van der Waals surface area (Å²) < 4.78 is 27.0. The van der Waals surface area contributed by atoms with E-state index in [4.69, 9.17) is 14.2 Å². The molecule has 20 heavy (non-hydrogen) atoms. The molecule has 1 aliphatic rings. The van der Waals surface area contributed by atoms with Crippen LogP contribution in [-0.2, 0) is 16.0 Å². The Labute approximate surface area is 120 Å². The van der Waals surface area contributed by atoms with Crippen molar-refractivity contribution in [3.63, 3.8) is 0 Å². The topological polar surface area (TPSA) is 68.2 Å². The van der Waals surface area contributed by atoms with E-state index in [1.807, 2.05) is 4.90 Å². The van der Waals surface area contributed by atoms with Crippen LogP contribution in [0.4, 0.5) is 0 Å². The normalized spacial score (nSPS) is 15.7. The highest BCUT2D eigenvalue weighted by Crippen LogP contribution is 2.37. The molecule has 0 bridgehead atoms. The van der Waals surface area contributed by atoms with E-state index in [1.165, 1.54) is 14.2 Å². The quantitative estimate of drug-likeness (QED) is 0.817. The Kier molecular flexibility index (Phi) is 4.99. The van der Waals surface area contributed by atoms with Crippen LogP contribution in [0.1, 0.15) is 5.56 Å². The largest absolute Gasteiger partial charge is 0.502 e. The van der Waals surface area contributed by atoms with Gasteiger partial charge >= 0.3 is 0 Å². The molecule has 6 nitrogen and oxygen atoms in total. The van der Waals surface area contributed by atoms with Crippen LogP contribution < -0.4 is 9.47 Å². The number of hydrogen-bond acceptors (Lipinski definition) is 5. The third kappa shape index (κ3) is 2.95. The van der Waals surface area contributed by atoms with E-state index in [2.05, 4.69) is 0 Å². The molecule has 0 unspecified atom stereocenters. The Morgan fingerprint density at radius 3 is 2.25 bits per heavy atom. The Hall–Kier alpha value is -1.57. The summed E-state index contributed by atoms with van der Waals surface area (Å²) in [4.78, 5) is 2.54. The van der Waals surface area contributed by atoms with Gasteiger partial charge in [0.1, 0.15) is 16.2 Å². The van der Waals surface area contributed by atoms with Gasteiger partial charge in [0.05, 0.1) is 27.4 Å². The Balaban J connectivity index is 2.41. The minimum absolute atomic E-state index is 0.0732. The van der Waals surface area contributed by atoms with Gasteiger partial charge in [-0.15, -0.1) is 0 Å². The van der Waals surface area contributed by atoms with E-state index in [0.717, 1.165) is 0 Å². The van der Waals surface area contributed by atoms with E-state index >= 15 is 0 Å². The molecule has 1 saturated heterocycles. The van der Waals surface area contributed by atoms with Crippen molar-refractivity contribution in [2.24, 2.45) is 0 Å². The van der Waals surface area contributed by atoms with Crippen LogP contribution in [0, 0.1) is 0 Å². The second kappa shape index (κ2) is 6.74. The summed E-state index contributed by atoms with van der Waals surface area (Å²) in [5.41, 5.74) is 0.665. The average molecular weight is 299 g/mol. The molecule has 1 aliphatic heterocycles. The lowest BCUT2D eigenvalue weighted by Gasteiger charge is -2.27. The maximum Gasteiger partial charge on any atom is 0.200 e. The maximum atomic E-state index is 11.5. The van der Waals surface area contributed by atoms with Crippen molar-refractivity contribution < 1.29 is 23.5 Å². The van der Waals surface area contributed by atoms with Gasteiger partial charge in [0.25, 0.3) is 0 Å². The predicted molar refractivity (Wildman–Crippen MR) is 75.9 cm³/mol. The summed E-state index contributed by atoms with van der Waals surface area (Å²) in [5.74, 6) is 0.481. The molecule has 1 heterocycles. The second-order valence-corrected chi connectivity index (χ2v) is 4.77. The number of aromatic hydroxyl groups is 1. The highest BCUT2D eigenvalue weighted by atomic mass is 32.1. The van der Waals surface area contributed by atoms with Crippen LogP contribution in [0.15, 0.2) is 12.1 Å². The van der Waals surface area contributed by atoms with E-state index in [0.29, 0.717) is 48.1 Å². The van der Waals surface area contributed by atoms with Crippen molar-refractivity contribution in [3.8, 4) is 17.2 Å². The average Bonchev–Trinajstić information content (AvgIpc) is 2.50. The molecular weight excluding hydrogens is 282 g/mol. The first-order chi connectivity index (χ1) is 9.71. The van der Waals surface area contributed by atoms with Crippen molar-refractivity contribution in [3.05, 3.63) is 17.7 Å². The minimum Gasteiger partial charge on any atom is -0.502 e. The molecule has 1 fully saturated rings. The number of rotatable bonds is 3. The van der Waals surface area contributed by atoms with Crippen LogP contribution in [0.2, 0.25) is 0 Å². The van der Waals surface area contributed by atoms with Gasteiger partial charge in [0.15, 0.2) is 11.5 Å². The Morgan fingerprint density at radius 2 is 1.80 bits per heavy atom. The lowest BCUT2D eigenvalue weighted by atomic mass is 10.1. The fraction of sp³-hybridized carbons (Fsp3) is 0.462. The standard InChI is InChI=1S/C13H17NO5S/c1-17-10-7-9(8-11(18-2)12(10)15)13(20-16)14-3-5-19-6-4-14/h7-8,15H,3-6H2,1-2H3. The zero-order valence-electron chi connectivity index (χ0n) is 11.4. The summed E-state index contributed by atoms with van der Waals surface area (Å²) in [6.07, 6.45) is 0. The molecule has 0 aromatic heterocycles. The van der Waals surface area contributed by atoms with Gasteiger partial charge in [-0.1, -0.05) is 0 Å². The lowest BCUT2D eigenvalue weighted by Crippen LogP contribution is -2.41. The summed E-state index contributed by atoms with van der Waals surface area (Å²) in [6.45, 7) is 2.51. The van der Waals surface area contributed by atoms with Gasteiger partial charge in [-0.05, 0) is 12.1 Å². The molecule has 1 aromatic rings. The van der Waals surface area contributed by atoms with Gasteiger partial charge in [-0.3, -0.25) is 4.90 Å². The molecule has 0 saturated carbocycles. The van der Waals surface area contributed by atoms with Crippen LogP contribution in [0.25, 0.3) is 0 Å². The van der Waals surface area contributed by atoms with Crippen LogP contribution in [-0.4, -0.2) is 59.7 Å². The van der Waals surface area contributed by atoms with Crippen molar-refractivity contribution in [2.45, 2.75) is 0 Å². The third-order valence-electron chi connectivity index (χ3n) is 3.10. The number of methoxy groups -OCH3 is 2. The SMILES string of the molecule is COc1cc(C(=S=O)N2CCOCC2)cc(OC)c1O. The molecule has 0 spiro atoms. The van der Waals surface area contributed by atoms with Gasteiger partial charge in [-0.25, -0.2) is 4.21 Å². The van der Waals surface area contributed by atoms with Crippen LogP contribution in [0.5, 0.6) is 17.2 Å². The highest BCUT2D eigenvalue weighted by Gasteiger charge is 2.21. The molecule has 0 aliphatic carbocycles. The smallest absolute Gasteiger partial charge is 0.200 e. The molecule has 7 heteroatoms. The van der Waals surface area contributed by atoms with Crippen LogP contribution in [0.3, 0.4) is 0 Å². The predicted octanol–water partition coefficient (Wildman–Crippen LogP) is 0.433. The van der Waals surface area contributed by atoms with Gasteiger partial charge in [0, 0.05) is 18.7 Å². The molecule has 0 radical (unpaired) electrons. The van der Waals surface area contributed by atoms with E-state index in [1.54, 1.807) is 12.1 Å². The van der Waals surface area contributed by atoms with Crippen molar-refractivity contribution in [2.75, 3.05) is 40.5 Å². The molecule has 0 amide bonds. The zero-order valence-corrected chi connectivity index (χ0v) is 12.2. The Morgan fingerprint density at radius 1 is 1.25 bits per heavy atom.